The van der Waals surface area contributed by atoms with Gasteiger partial charge in [-0.05, 0) is 12.0 Å². The first-order chi connectivity index (χ1) is 10.7. The number of hydrogen-bond donors (Lipinski definition) is 0. The average Bonchev–Trinajstić information content (AvgIpc) is 2.85. The molecular formula is C15H17NO5S. The number of nitrogens with zero attached hydrogens (tertiary/aromatic N) is 1. The van der Waals surface area contributed by atoms with Crippen LogP contribution in [-0.4, -0.2) is 40.5 Å². The van der Waals surface area contributed by atoms with Crippen LogP contribution in [0.4, 0.5) is 4.79 Å². The molecule has 2 heterocycles. The van der Waals surface area contributed by atoms with Crippen LogP contribution in [0.5, 0.6) is 0 Å². The molecule has 22 heavy (non-hydrogen) atoms. The molecule has 7 heteroatoms. The number of fused-ring (bicyclic) bond motifs is 1. The smallest absolute Gasteiger partial charge is 0.410 e. The van der Waals surface area contributed by atoms with E-state index in [0.29, 0.717) is 19.5 Å². The second-order valence-electron chi connectivity index (χ2n) is 5.10. The molecule has 2 aliphatic heterocycles. The van der Waals surface area contributed by atoms with Gasteiger partial charge in [-0.15, -0.1) is 0 Å². The average molecular weight is 323 g/mol. The largest absolute Gasteiger partial charge is 0.445 e. The third-order valence-electron chi connectivity index (χ3n) is 3.51. The first kappa shape index (κ1) is 15.2. The molecule has 0 saturated carbocycles. The minimum Gasteiger partial charge on any atom is -0.445 e. The maximum absolute atomic E-state index is 12.2. The van der Waals surface area contributed by atoms with Crippen molar-refractivity contribution < 1.29 is 22.1 Å². The van der Waals surface area contributed by atoms with Crippen molar-refractivity contribution in [2.75, 3.05) is 13.1 Å². The standard InChI is InChI=1S/C15H17NO5S/c17-15(19-11-12-6-2-1-3-7-12)16-9-5-4-8-13-14(10-16)21-22(18)20-13/h1-4,6-8,13-14H,5,9-11H2/t13-,14+,22?/m0/s1. The summed E-state index contributed by atoms with van der Waals surface area (Å²) in [4.78, 5) is 13.8. The van der Waals surface area contributed by atoms with Gasteiger partial charge in [0.2, 0.25) is 0 Å². The molecule has 118 valence electrons. The molecule has 0 N–H and O–H groups in total. The number of carbonyl (C=O) groups excluding carboxylic acids is 1. The van der Waals surface area contributed by atoms with Crippen LogP contribution in [0.25, 0.3) is 0 Å². The summed E-state index contributed by atoms with van der Waals surface area (Å²) in [5.41, 5.74) is 0.933. The van der Waals surface area contributed by atoms with Gasteiger partial charge < -0.3 is 9.64 Å². The molecule has 1 fully saturated rings. The number of rotatable bonds is 2. The Morgan fingerprint density at radius 1 is 1.32 bits per heavy atom. The molecule has 1 aromatic rings. The molecule has 0 radical (unpaired) electrons. The predicted octanol–water partition coefficient (Wildman–Crippen LogP) is 1.95. The Hall–Kier alpha value is -1.70. The van der Waals surface area contributed by atoms with Crippen molar-refractivity contribution >= 4 is 17.5 Å². The third-order valence-corrected chi connectivity index (χ3v) is 4.30. The highest BCUT2D eigenvalue weighted by molar-refractivity contribution is 7.75. The van der Waals surface area contributed by atoms with E-state index in [0.717, 1.165) is 5.56 Å². The zero-order valence-electron chi connectivity index (χ0n) is 11.9. The summed E-state index contributed by atoms with van der Waals surface area (Å²) in [5, 5.41) is 0. The fraction of sp³-hybridized carbons (Fsp3) is 0.400. The van der Waals surface area contributed by atoms with E-state index in [9.17, 15) is 9.00 Å². The van der Waals surface area contributed by atoms with E-state index in [1.807, 2.05) is 42.5 Å². The van der Waals surface area contributed by atoms with Crippen molar-refractivity contribution in [3.63, 3.8) is 0 Å². The van der Waals surface area contributed by atoms with E-state index in [4.69, 9.17) is 13.1 Å². The summed E-state index contributed by atoms with van der Waals surface area (Å²) in [5.74, 6) is 0. The zero-order chi connectivity index (χ0) is 15.4. The molecule has 2 aliphatic rings. The van der Waals surface area contributed by atoms with Crippen molar-refractivity contribution in [2.45, 2.75) is 25.2 Å². The number of carbonyl (C=O) groups is 1. The van der Waals surface area contributed by atoms with Crippen LogP contribution in [-0.2, 0) is 31.1 Å². The molecule has 6 nitrogen and oxygen atoms in total. The minimum atomic E-state index is -1.75. The van der Waals surface area contributed by atoms with Gasteiger partial charge in [-0.1, -0.05) is 42.5 Å². The SMILES string of the molecule is O=C(OCc1ccccc1)N1CCC=C[C@@H]2OS(=O)O[C@@H]2C1. The van der Waals surface area contributed by atoms with Crippen molar-refractivity contribution in [1.82, 2.24) is 4.90 Å². The molecule has 0 aliphatic carbocycles. The Morgan fingerprint density at radius 3 is 2.95 bits per heavy atom. The second-order valence-corrected chi connectivity index (χ2v) is 5.90. The monoisotopic (exact) mass is 323 g/mol. The molecule has 1 aromatic carbocycles. The molecule has 0 aromatic heterocycles. The summed E-state index contributed by atoms with van der Waals surface area (Å²) in [6.07, 6.45) is 3.22. The van der Waals surface area contributed by atoms with Crippen molar-refractivity contribution in [2.24, 2.45) is 0 Å². The topological polar surface area (TPSA) is 65.1 Å². The van der Waals surface area contributed by atoms with Gasteiger partial charge in [0, 0.05) is 6.54 Å². The lowest BCUT2D eigenvalue weighted by Crippen LogP contribution is -2.42. The van der Waals surface area contributed by atoms with Crippen molar-refractivity contribution in [3.05, 3.63) is 48.0 Å². The van der Waals surface area contributed by atoms with Gasteiger partial charge in [-0.3, -0.25) is 8.37 Å². The first-order valence-electron chi connectivity index (χ1n) is 7.11. The van der Waals surface area contributed by atoms with Crippen LogP contribution in [0.15, 0.2) is 42.5 Å². The summed E-state index contributed by atoms with van der Waals surface area (Å²) in [6, 6.07) is 9.50. The van der Waals surface area contributed by atoms with E-state index in [2.05, 4.69) is 0 Å². The fourth-order valence-corrected chi connectivity index (χ4v) is 3.15. The highest BCUT2D eigenvalue weighted by atomic mass is 32.2. The Balaban J connectivity index is 1.59. The fourth-order valence-electron chi connectivity index (χ4n) is 2.37. The summed E-state index contributed by atoms with van der Waals surface area (Å²) < 4.78 is 27.0. The summed E-state index contributed by atoms with van der Waals surface area (Å²) in [6.45, 7) is 1.06. The van der Waals surface area contributed by atoms with Crippen LogP contribution in [0, 0.1) is 0 Å². The van der Waals surface area contributed by atoms with E-state index in [1.54, 1.807) is 4.90 Å². The Morgan fingerprint density at radius 2 is 2.14 bits per heavy atom. The number of hydrogen-bond acceptors (Lipinski definition) is 5. The van der Waals surface area contributed by atoms with Crippen molar-refractivity contribution in [3.8, 4) is 0 Å². The number of ether oxygens (including phenoxy) is 1. The predicted molar refractivity (Wildman–Crippen MR) is 79.8 cm³/mol. The lowest BCUT2D eigenvalue weighted by molar-refractivity contribution is 0.0730. The van der Waals surface area contributed by atoms with Crippen LogP contribution in [0.1, 0.15) is 12.0 Å². The molecule has 0 bridgehead atoms. The quantitative estimate of drug-likeness (QED) is 0.778. The Bertz CT molecular complexity index is 577. The van der Waals surface area contributed by atoms with E-state index >= 15 is 0 Å². The van der Waals surface area contributed by atoms with Gasteiger partial charge in [0.15, 0.2) is 0 Å². The first-order valence-corrected chi connectivity index (χ1v) is 8.11. The molecule has 1 saturated heterocycles. The van der Waals surface area contributed by atoms with Gasteiger partial charge in [-0.25, -0.2) is 4.79 Å². The van der Waals surface area contributed by atoms with Gasteiger partial charge >= 0.3 is 17.5 Å². The summed E-state index contributed by atoms with van der Waals surface area (Å²) in [7, 11) is 0. The van der Waals surface area contributed by atoms with Gasteiger partial charge in [0.1, 0.15) is 18.8 Å². The molecule has 3 atom stereocenters. The highest BCUT2D eigenvalue weighted by Crippen LogP contribution is 2.22. The molecule has 1 amide bonds. The van der Waals surface area contributed by atoms with E-state index in [1.165, 1.54) is 0 Å². The van der Waals surface area contributed by atoms with Gasteiger partial charge in [0.05, 0.1) is 6.54 Å². The molecular weight excluding hydrogens is 306 g/mol. The Kier molecular flexibility index (Phi) is 4.87. The zero-order valence-corrected chi connectivity index (χ0v) is 12.7. The Labute approximate surface area is 131 Å². The number of benzene rings is 1. The maximum Gasteiger partial charge on any atom is 0.410 e. The lowest BCUT2D eigenvalue weighted by atomic mass is 10.1. The molecule has 3 rings (SSSR count). The van der Waals surface area contributed by atoms with Gasteiger partial charge in [-0.2, -0.15) is 4.21 Å². The minimum absolute atomic E-state index is 0.226. The normalized spacial score (nSPS) is 27.8. The van der Waals surface area contributed by atoms with Crippen LogP contribution < -0.4 is 0 Å². The van der Waals surface area contributed by atoms with Gasteiger partial charge in [0.25, 0.3) is 0 Å². The molecule has 1 unspecified atom stereocenters. The molecule has 0 spiro atoms. The van der Waals surface area contributed by atoms with E-state index < -0.39 is 23.6 Å². The van der Waals surface area contributed by atoms with Crippen molar-refractivity contribution in [1.29, 1.82) is 0 Å². The van der Waals surface area contributed by atoms with Crippen LogP contribution in [0.2, 0.25) is 0 Å². The third kappa shape index (κ3) is 3.73. The highest BCUT2D eigenvalue weighted by Gasteiger charge is 2.36. The van der Waals surface area contributed by atoms with Crippen LogP contribution in [0.3, 0.4) is 0 Å². The maximum atomic E-state index is 12.2. The second kappa shape index (κ2) is 7.04. The van der Waals surface area contributed by atoms with E-state index in [-0.39, 0.29) is 12.7 Å². The van der Waals surface area contributed by atoms with Crippen LogP contribution >= 0.6 is 0 Å². The lowest BCUT2D eigenvalue weighted by Gasteiger charge is -2.26. The summed E-state index contributed by atoms with van der Waals surface area (Å²) >= 11 is -1.75. The number of amides is 1.